The van der Waals surface area contributed by atoms with Crippen LogP contribution in [0.3, 0.4) is 0 Å². The van der Waals surface area contributed by atoms with E-state index in [4.69, 9.17) is 0 Å². The monoisotopic (exact) mass is 342 g/mol. The lowest BCUT2D eigenvalue weighted by atomic mass is 10.0. The Hall–Kier alpha value is -1.85. The predicted molar refractivity (Wildman–Crippen MR) is 97.2 cm³/mol. The Bertz CT molecular complexity index is 851. The maximum atomic E-state index is 12.6. The van der Waals surface area contributed by atoms with Crippen molar-refractivity contribution in [3.05, 3.63) is 57.1 Å². The Morgan fingerprint density at radius 1 is 1.30 bits per heavy atom. The normalized spacial score (nSPS) is 17.3. The van der Waals surface area contributed by atoms with E-state index in [9.17, 15) is 4.79 Å². The molecule has 1 atom stereocenters. The minimum Gasteiger partial charge on any atom is -0.334 e. The van der Waals surface area contributed by atoms with Crippen molar-refractivity contribution in [1.82, 2.24) is 10.2 Å². The zero-order valence-corrected chi connectivity index (χ0v) is 14.5. The zero-order valence-electron chi connectivity index (χ0n) is 12.9. The van der Waals surface area contributed by atoms with Crippen LogP contribution in [0.5, 0.6) is 0 Å². The highest BCUT2D eigenvalue weighted by atomic mass is 32.1. The number of benzene rings is 1. The highest BCUT2D eigenvalue weighted by molar-refractivity contribution is 7.17. The van der Waals surface area contributed by atoms with Crippen molar-refractivity contribution in [2.45, 2.75) is 25.9 Å². The van der Waals surface area contributed by atoms with Crippen molar-refractivity contribution in [3.8, 4) is 0 Å². The molecule has 1 N–H and O–H groups in total. The summed E-state index contributed by atoms with van der Waals surface area (Å²) in [7, 11) is 0. The molecule has 0 spiro atoms. The van der Waals surface area contributed by atoms with Gasteiger partial charge in [-0.05, 0) is 52.8 Å². The Kier molecular flexibility index (Phi) is 3.83. The first-order valence-corrected chi connectivity index (χ1v) is 9.56. The van der Waals surface area contributed by atoms with Crippen LogP contribution in [0.25, 0.3) is 10.1 Å². The average molecular weight is 342 g/mol. The Morgan fingerprint density at radius 2 is 2.17 bits per heavy atom. The Balaban J connectivity index is 1.46. The first kappa shape index (κ1) is 14.7. The van der Waals surface area contributed by atoms with Crippen LogP contribution >= 0.6 is 22.7 Å². The minimum atomic E-state index is 0.0321. The molecule has 5 heteroatoms. The lowest BCUT2D eigenvalue weighted by Crippen LogP contribution is -2.44. The molecule has 1 aliphatic heterocycles. The summed E-state index contributed by atoms with van der Waals surface area (Å²) in [6.07, 6.45) is 0.964. The van der Waals surface area contributed by atoms with E-state index in [1.54, 1.807) is 22.7 Å². The molecule has 0 radical (unpaired) electrons. The van der Waals surface area contributed by atoms with E-state index in [2.05, 4.69) is 47.3 Å². The molecule has 0 fully saturated rings. The van der Waals surface area contributed by atoms with Gasteiger partial charge in [0.05, 0.1) is 6.04 Å². The number of fused-ring (bicyclic) bond motifs is 2. The van der Waals surface area contributed by atoms with Crippen molar-refractivity contribution in [1.29, 1.82) is 0 Å². The van der Waals surface area contributed by atoms with Gasteiger partial charge in [-0.25, -0.2) is 4.79 Å². The van der Waals surface area contributed by atoms with Crippen LogP contribution in [0, 0.1) is 0 Å². The molecule has 3 heterocycles. The summed E-state index contributed by atoms with van der Waals surface area (Å²) < 4.78 is 1.27. The molecule has 1 unspecified atom stereocenters. The first-order valence-electron chi connectivity index (χ1n) is 7.80. The van der Waals surface area contributed by atoms with Crippen LogP contribution in [-0.4, -0.2) is 17.5 Å². The zero-order chi connectivity index (χ0) is 15.8. The lowest BCUT2D eigenvalue weighted by molar-refractivity contribution is 0.175. The van der Waals surface area contributed by atoms with Gasteiger partial charge in [0.2, 0.25) is 0 Å². The van der Waals surface area contributed by atoms with Gasteiger partial charge in [-0.2, -0.15) is 0 Å². The second-order valence-electron chi connectivity index (χ2n) is 5.83. The van der Waals surface area contributed by atoms with Crippen LogP contribution in [0.15, 0.2) is 41.1 Å². The summed E-state index contributed by atoms with van der Waals surface area (Å²) >= 11 is 3.53. The Morgan fingerprint density at radius 3 is 3.09 bits per heavy atom. The molecular weight excluding hydrogens is 324 g/mol. The average Bonchev–Trinajstić information content (AvgIpc) is 3.20. The van der Waals surface area contributed by atoms with E-state index in [1.165, 1.54) is 26.1 Å². The third-order valence-corrected chi connectivity index (χ3v) is 6.54. The van der Waals surface area contributed by atoms with Gasteiger partial charge in [-0.3, -0.25) is 0 Å². The lowest BCUT2D eigenvalue weighted by Gasteiger charge is -2.33. The molecule has 2 aromatic heterocycles. The predicted octanol–water partition coefficient (Wildman–Crippen LogP) is 4.79. The molecule has 0 bridgehead atoms. The van der Waals surface area contributed by atoms with Crippen LogP contribution in [-0.2, 0) is 13.0 Å². The smallest absolute Gasteiger partial charge is 0.318 e. The van der Waals surface area contributed by atoms with E-state index in [0.29, 0.717) is 6.54 Å². The summed E-state index contributed by atoms with van der Waals surface area (Å²) in [5.41, 5.74) is 2.50. The van der Waals surface area contributed by atoms with Crippen molar-refractivity contribution in [2.75, 3.05) is 6.54 Å². The number of thiophene rings is 2. The number of nitrogens with one attached hydrogen (secondary N) is 1. The van der Waals surface area contributed by atoms with Gasteiger partial charge >= 0.3 is 6.03 Å². The summed E-state index contributed by atoms with van der Waals surface area (Å²) in [6, 6.07) is 10.7. The fourth-order valence-electron chi connectivity index (χ4n) is 3.23. The van der Waals surface area contributed by atoms with Crippen LogP contribution < -0.4 is 5.32 Å². The summed E-state index contributed by atoms with van der Waals surface area (Å²) in [5, 5.41) is 8.60. The van der Waals surface area contributed by atoms with Gasteiger partial charge in [-0.1, -0.05) is 18.2 Å². The van der Waals surface area contributed by atoms with Crippen LogP contribution in [0.4, 0.5) is 4.79 Å². The summed E-state index contributed by atoms with van der Waals surface area (Å²) in [4.78, 5) is 16.0. The van der Waals surface area contributed by atoms with E-state index in [0.717, 1.165) is 13.0 Å². The number of carbonyl (C=O) groups excluding carboxylic acids is 1. The van der Waals surface area contributed by atoms with Crippen molar-refractivity contribution in [2.24, 2.45) is 0 Å². The second kappa shape index (κ2) is 5.98. The molecule has 1 aliphatic rings. The SMILES string of the molecule is CC1c2ccsc2CCN1C(=O)NCc1csc2ccccc12. The third-order valence-electron chi connectivity index (χ3n) is 4.53. The number of hydrogen-bond acceptors (Lipinski definition) is 3. The summed E-state index contributed by atoms with van der Waals surface area (Å²) in [6.45, 7) is 3.50. The largest absolute Gasteiger partial charge is 0.334 e. The molecule has 1 aromatic carbocycles. The molecule has 0 saturated heterocycles. The van der Waals surface area contributed by atoms with Gasteiger partial charge in [-0.15, -0.1) is 22.7 Å². The molecule has 3 nitrogen and oxygen atoms in total. The minimum absolute atomic E-state index is 0.0321. The highest BCUT2D eigenvalue weighted by Gasteiger charge is 2.28. The molecule has 23 heavy (non-hydrogen) atoms. The van der Waals surface area contributed by atoms with Gasteiger partial charge in [0.1, 0.15) is 0 Å². The molecule has 3 aromatic rings. The molecule has 0 aliphatic carbocycles. The van der Waals surface area contributed by atoms with E-state index >= 15 is 0 Å². The van der Waals surface area contributed by atoms with E-state index in [1.807, 2.05) is 11.0 Å². The molecule has 4 rings (SSSR count). The number of carbonyl (C=O) groups is 1. The molecular formula is C18H18N2OS2. The number of amides is 2. The Labute approximate surface area is 143 Å². The second-order valence-corrected chi connectivity index (χ2v) is 7.75. The summed E-state index contributed by atoms with van der Waals surface area (Å²) in [5.74, 6) is 0. The van der Waals surface area contributed by atoms with Gasteiger partial charge < -0.3 is 10.2 Å². The number of rotatable bonds is 2. The van der Waals surface area contributed by atoms with E-state index in [-0.39, 0.29) is 12.1 Å². The maximum Gasteiger partial charge on any atom is 0.318 e. The third kappa shape index (κ3) is 2.64. The van der Waals surface area contributed by atoms with Crippen LogP contribution in [0.1, 0.15) is 29.0 Å². The standard InChI is InChI=1S/C18H18N2OS2/c1-12-14-7-9-22-17(14)6-8-20(12)18(21)19-10-13-11-23-16-5-3-2-4-15(13)16/h2-5,7,9,11-12H,6,8,10H2,1H3,(H,19,21). The first-order chi connectivity index (χ1) is 11.2. The van der Waals surface area contributed by atoms with Crippen LogP contribution in [0.2, 0.25) is 0 Å². The molecule has 2 amide bonds. The maximum absolute atomic E-state index is 12.6. The number of urea groups is 1. The molecule has 118 valence electrons. The fraction of sp³-hybridized carbons (Fsp3) is 0.278. The quantitative estimate of drug-likeness (QED) is 0.713. The van der Waals surface area contributed by atoms with Crippen molar-refractivity contribution in [3.63, 3.8) is 0 Å². The highest BCUT2D eigenvalue weighted by Crippen LogP contribution is 2.33. The van der Waals surface area contributed by atoms with E-state index < -0.39 is 0 Å². The number of hydrogen-bond donors (Lipinski definition) is 1. The number of nitrogens with zero attached hydrogens (tertiary/aromatic N) is 1. The fourth-order valence-corrected chi connectivity index (χ4v) is 5.15. The van der Waals surface area contributed by atoms with Gasteiger partial charge in [0, 0.05) is 22.7 Å². The van der Waals surface area contributed by atoms with Crippen molar-refractivity contribution < 1.29 is 4.79 Å². The van der Waals surface area contributed by atoms with Gasteiger partial charge in [0.15, 0.2) is 0 Å². The topological polar surface area (TPSA) is 32.3 Å². The van der Waals surface area contributed by atoms with Gasteiger partial charge in [0.25, 0.3) is 0 Å². The molecule has 0 saturated carbocycles. The van der Waals surface area contributed by atoms with Crippen molar-refractivity contribution >= 4 is 38.8 Å².